The number of nitriles is 1. The highest BCUT2D eigenvalue weighted by atomic mass is 79.9. The van der Waals surface area contributed by atoms with E-state index in [1.165, 1.54) is 11.3 Å². The lowest BCUT2D eigenvalue weighted by Gasteiger charge is -2.24. The standard InChI is InChI=1S/C24H15BrN4O3S/c25-15-8-6-13(7-9-15)21-20-19(17(12-26)22(27)32-23(20)29-28-21)14-3-1-4-16(11-14)31-24(30)18-5-2-10-33-18/h1-11,19H,27H2,(H,28,29)/t19-/m1/s1. The monoisotopic (exact) mass is 518 g/mol. The normalized spacial score (nSPS) is 14.8. The van der Waals surface area contributed by atoms with E-state index in [-0.39, 0.29) is 11.5 Å². The zero-order chi connectivity index (χ0) is 22.9. The Morgan fingerprint density at radius 3 is 2.76 bits per heavy atom. The van der Waals surface area contributed by atoms with Crippen molar-refractivity contribution in [2.24, 2.45) is 5.73 Å². The van der Waals surface area contributed by atoms with E-state index in [1.54, 1.807) is 30.3 Å². The highest BCUT2D eigenvalue weighted by Gasteiger charge is 2.35. The van der Waals surface area contributed by atoms with Crippen molar-refractivity contribution in [3.8, 4) is 29.0 Å². The van der Waals surface area contributed by atoms with Crippen LogP contribution in [0.2, 0.25) is 0 Å². The first-order valence-corrected chi connectivity index (χ1v) is 11.5. The number of benzene rings is 2. The fourth-order valence-electron chi connectivity index (χ4n) is 3.72. The Bertz CT molecular complexity index is 1420. The number of ether oxygens (including phenoxy) is 2. The molecule has 0 radical (unpaired) electrons. The number of allylic oxidation sites excluding steroid dienone is 1. The maximum atomic E-state index is 12.4. The van der Waals surface area contributed by atoms with Crippen LogP contribution in [-0.4, -0.2) is 16.2 Å². The maximum Gasteiger partial charge on any atom is 0.353 e. The molecule has 3 N–H and O–H groups in total. The van der Waals surface area contributed by atoms with E-state index < -0.39 is 11.9 Å². The van der Waals surface area contributed by atoms with Crippen molar-refractivity contribution in [3.63, 3.8) is 0 Å². The summed E-state index contributed by atoms with van der Waals surface area (Å²) in [6.07, 6.45) is 0. The molecule has 0 fully saturated rings. The second kappa shape index (κ2) is 8.58. The van der Waals surface area contributed by atoms with E-state index in [9.17, 15) is 10.1 Å². The molecule has 33 heavy (non-hydrogen) atoms. The van der Waals surface area contributed by atoms with E-state index in [0.717, 1.165) is 15.6 Å². The number of nitrogens with one attached hydrogen (secondary N) is 1. The van der Waals surface area contributed by atoms with Crippen LogP contribution >= 0.6 is 27.3 Å². The molecule has 3 heterocycles. The molecular formula is C24H15BrN4O3S. The third-order valence-corrected chi connectivity index (χ3v) is 6.57. The Morgan fingerprint density at radius 1 is 1.21 bits per heavy atom. The summed E-state index contributed by atoms with van der Waals surface area (Å²) in [6.45, 7) is 0. The van der Waals surface area contributed by atoms with Crippen LogP contribution in [0.4, 0.5) is 0 Å². The Labute approximate surface area is 201 Å². The Kier molecular flexibility index (Phi) is 5.46. The molecule has 0 bridgehead atoms. The topological polar surface area (TPSA) is 114 Å². The van der Waals surface area contributed by atoms with Crippen molar-refractivity contribution >= 4 is 33.2 Å². The molecule has 0 unspecified atom stereocenters. The number of aromatic amines is 1. The zero-order valence-electron chi connectivity index (χ0n) is 16.9. The van der Waals surface area contributed by atoms with Crippen molar-refractivity contribution in [2.75, 3.05) is 0 Å². The smallest absolute Gasteiger partial charge is 0.353 e. The zero-order valence-corrected chi connectivity index (χ0v) is 19.3. The second-order valence-corrected chi connectivity index (χ2v) is 9.05. The summed E-state index contributed by atoms with van der Waals surface area (Å²) >= 11 is 4.75. The molecule has 2 aromatic carbocycles. The van der Waals surface area contributed by atoms with Gasteiger partial charge in [-0.2, -0.15) is 5.26 Å². The summed E-state index contributed by atoms with van der Waals surface area (Å²) in [5.74, 6) is -0.343. The van der Waals surface area contributed by atoms with Gasteiger partial charge in [0, 0.05) is 10.0 Å². The molecule has 0 amide bonds. The average molecular weight is 519 g/mol. The van der Waals surface area contributed by atoms with Crippen molar-refractivity contribution in [2.45, 2.75) is 5.92 Å². The number of aromatic nitrogens is 2. The van der Waals surface area contributed by atoms with Gasteiger partial charge in [0.2, 0.25) is 11.8 Å². The van der Waals surface area contributed by atoms with Crippen LogP contribution < -0.4 is 15.2 Å². The van der Waals surface area contributed by atoms with Crippen LogP contribution in [0.3, 0.4) is 0 Å². The van der Waals surface area contributed by atoms with Gasteiger partial charge in [-0.1, -0.05) is 46.3 Å². The molecule has 1 atom stereocenters. The molecule has 5 rings (SSSR count). The molecule has 9 heteroatoms. The Balaban J connectivity index is 1.59. The van der Waals surface area contributed by atoms with Crippen molar-refractivity contribution in [1.82, 2.24) is 10.2 Å². The molecule has 7 nitrogen and oxygen atoms in total. The van der Waals surface area contributed by atoms with Crippen molar-refractivity contribution < 1.29 is 14.3 Å². The van der Waals surface area contributed by atoms with Crippen molar-refractivity contribution in [3.05, 3.63) is 98.0 Å². The third-order valence-electron chi connectivity index (χ3n) is 5.20. The molecule has 162 valence electrons. The molecule has 1 aliphatic rings. The summed E-state index contributed by atoms with van der Waals surface area (Å²) < 4.78 is 12.2. The van der Waals surface area contributed by atoms with Gasteiger partial charge >= 0.3 is 5.97 Å². The lowest BCUT2D eigenvalue weighted by atomic mass is 9.83. The van der Waals surface area contributed by atoms with Crippen LogP contribution in [0.15, 0.2) is 82.0 Å². The molecule has 1 aliphatic heterocycles. The van der Waals surface area contributed by atoms with Gasteiger partial charge in [0.25, 0.3) is 0 Å². The molecule has 2 aromatic heterocycles. The van der Waals surface area contributed by atoms with E-state index >= 15 is 0 Å². The number of hydrogen-bond donors (Lipinski definition) is 2. The molecular weight excluding hydrogens is 504 g/mol. The number of nitrogens with two attached hydrogens (primary N) is 1. The predicted octanol–water partition coefficient (Wildman–Crippen LogP) is 5.34. The molecule has 0 saturated heterocycles. The summed E-state index contributed by atoms with van der Waals surface area (Å²) in [5.41, 5.74) is 9.32. The van der Waals surface area contributed by atoms with Gasteiger partial charge in [0.1, 0.15) is 22.3 Å². The molecule has 0 saturated carbocycles. The van der Waals surface area contributed by atoms with Gasteiger partial charge < -0.3 is 15.2 Å². The van der Waals surface area contributed by atoms with E-state index in [0.29, 0.717) is 27.8 Å². The largest absolute Gasteiger partial charge is 0.422 e. The quantitative estimate of drug-likeness (QED) is 0.278. The van der Waals surface area contributed by atoms with E-state index in [2.05, 4.69) is 32.2 Å². The SMILES string of the molecule is N#CC1=C(N)Oc2n[nH]c(-c3ccc(Br)cc3)c2[C@@H]1c1cccc(OC(=O)c2cccs2)c1. The number of hydrogen-bond acceptors (Lipinski definition) is 7. The number of fused-ring (bicyclic) bond motifs is 1. The fraction of sp³-hybridized carbons (Fsp3) is 0.0417. The summed E-state index contributed by atoms with van der Waals surface area (Å²) in [7, 11) is 0. The lowest BCUT2D eigenvalue weighted by Crippen LogP contribution is -2.21. The van der Waals surface area contributed by atoms with Gasteiger partial charge in [-0.3, -0.25) is 5.10 Å². The second-order valence-electron chi connectivity index (χ2n) is 7.19. The first kappa shape index (κ1) is 21.0. The van der Waals surface area contributed by atoms with Gasteiger partial charge in [-0.05, 0) is 41.3 Å². The van der Waals surface area contributed by atoms with Crippen LogP contribution in [0, 0.1) is 11.3 Å². The number of H-pyrrole nitrogens is 1. The predicted molar refractivity (Wildman–Crippen MR) is 127 cm³/mol. The number of nitrogens with zero attached hydrogens (tertiary/aromatic N) is 2. The first-order valence-electron chi connectivity index (χ1n) is 9.82. The summed E-state index contributed by atoms with van der Waals surface area (Å²) in [6, 6.07) is 20.4. The van der Waals surface area contributed by atoms with Gasteiger partial charge in [-0.25, -0.2) is 4.79 Å². The Morgan fingerprint density at radius 2 is 2.03 bits per heavy atom. The number of carbonyl (C=O) groups excluding carboxylic acids is 1. The van der Waals surface area contributed by atoms with Crippen molar-refractivity contribution in [1.29, 1.82) is 5.26 Å². The molecule has 0 aliphatic carbocycles. The first-order chi connectivity index (χ1) is 16.0. The number of rotatable bonds is 4. The summed E-state index contributed by atoms with van der Waals surface area (Å²) in [4.78, 5) is 12.9. The lowest BCUT2D eigenvalue weighted by molar-refractivity contribution is 0.0739. The number of esters is 1. The van der Waals surface area contributed by atoms with Crippen LogP contribution in [-0.2, 0) is 0 Å². The molecule has 4 aromatic rings. The van der Waals surface area contributed by atoms with Gasteiger partial charge in [0.15, 0.2) is 0 Å². The van der Waals surface area contributed by atoms with Gasteiger partial charge in [-0.15, -0.1) is 16.4 Å². The third kappa shape index (κ3) is 3.91. The number of thiophene rings is 1. The minimum absolute atomic E-state index is 0.00941. The van der Waals surface area contributed by atoms with E-state index in [1.807, 2.05) is 35.7 Å². The van der Waals surface area contributed by atoms with Gasteiger partial charge in [0.05, 0.1) is 17.2 Å². The van der Waals surface area contributed by atoms with Crippen LogP contribution in [0.25, 0.3) is 11.3 Å². The molecule has 0 spiro atoms. The Hall–Kier alpha value is -3.87. The van der Waals surface area contributed by atoms with Crippen LogP contribution in [0.1, 0.15) is 26.7 Å². The minimum Gasteiger partial charge on any atom is -0.422 e. The highest BCUT2D eigenvalue weighted by Crippen LogP contribution is 2.46. The fourth-order valence-corrected chi connectivity index (χ4v) is 4.59. The maximum absolute atomic E-state index is 12.4. The minimum atomic E-state index is -0.559. The summed E-state index contributed by atoms with van der Waals surface area (Å²) in [5, 5.41) is 19.0. The van der Waals surface area contributed by atoms with E-state index in [4.69, 9.17) is 15.2 Å². The number of carbonyl (C=O) groups is 1. The highest BCUT2D eigenvalue weighted by molar-refractivity contribution is 9.10. The number of halogens is 1. The van der Waals surface area contributed by atoms with Crippen LogP contribution in [0.5, 0.6) is 11.6 Å². The average Bonchev–Trinajstić information content (AvgIpc) is 3.49.